The van der Waals surface area contributed by atoms with Gasteiger partial charge in [0.25, 0.3) is 0 Å². The monoisotopic (exact) mass is 272 g/mol. The Morgan fingerprint density at radius 1 is 1.35 bits per heavy atom. The molecule has 1 aromatic carbocycles. The summed E-state index contributed by atoms with van der Waals surface area (Å²) in [4.78, 5) is 16.1. The number of anilines is 2. The van der Waals surface area contributed by atoms with Gasteiger partial charge in [0.15, 0.2) is 0 Å². The molecule has 5 nitrogen and oxygen atoms in total. The van der Waals surface area contributed by atoms with Crippen molar-refractivity contribution in [3.8, 4) is 0 Å². The van der Waals surface area contributed by atoms with E-state index in [1.54, 1.807) is 13.2 Å². The molecule has 2 rings (SSSR count). The summed E-state index contributed by atoms with van der Waals surface area (Å²) in [5.74, 6) is 0.00704. The highest BCUT2D eigenvalue weighted by Crippen LogP contribution is 2.25. The molecule has 0 bridgehead atoms. The molecule has 0 atom stereocenters. The molecule has 0 spiro atoms. The van der Waals surface area contributed by atoms with Gasteiger partial charge in [-0.15, -0.1) is 0 Å². The molecule has 2 aromatic rings. The maximum atomic E-state index is 11.8. The summed E-state index contributed by atoms with van der Waals surface area (Å²) in [6.07, 6.45) is 1.73. The molecule has 0 fully saturated rings. The van der Waals surface area contributed by atoms with E-state index >= 15 is 0 Å². The molecule has 0 aliphatic heterocycles. The van der Waals surface area contributed by atoms with Crippen molar-refractivity contribution in [2.45, 2.75) is 13.8 Å². The number of pyridine rings is 1. The number of carbonyl (C=O) groups excluding carboxylic acids is 1. The number of nitrogens with two attached hydrogens (primary N) is 1. The van der Waals surface area contributed by atoms with Crippen molar-refractivity contribution in [3.63, 3.8) is 0 Å². The van der Waals surface area contributed by atoms with Crippen molar-refractivity contribution in [1.29, 1.82) is 0 Å². The van der Waals surface area contributed by atoms with E-state index in [4.69, 9.17) is 5.73 Å². The normalized spacial score (nSPS) is 11.3. The Labute approximate surface area is 118 Å². The second-order valence-corrected chi connectivity index (χ2v) is 5.45. The van der Waals surface area contributed by atoms with Crippen LogP contribution in [0.5, 0.6) is 0 Å². The minimum absolute atomic E-state index is 0.00704. The van der Waals surface area contributed by atoms with Crippen LogP contribution in [0.4, 0.5) is 11.4 Å². The van der Waals surface area contributed by atoms with Crippen molar-refractivity contribution in [2.75, 3.05) is 24.6 Å². The number of amides is 1. The van der Waals surface area contributed by atoms with Gasteiger partial charge in [-0.3, -0.25) is 9.78 Å². The fourth-order valence-corrected chi connectivity index (χ4v) is 2.05. The van der Waals surface area contributed by atoms with Crippen molar-refractivity contribution in [3.05, 3.63) is 30.5 Å². The lowest BCUT2D eigenvalue weighted by atomic mass is 9.92. The highest BCUT2D eigenvalue weighted by atomic mass is 16.2. The first kappa shape index (κ1) is 14.1. The maximum absolute atomic E-state index is 11.8. The molecule has 0 saturated heterocycles. The van der Waals surface area contributed by atoms with Crippen LogP contribution in [0, 0.1) is 5.41 Å². The minimum atomic E-state index is -0.488. The van der Waals surface area contributed by atoms with Crippen LogP contribution in [0.3, 0.4) is 0 Å². The number of nitrogens with zero attached hydrogens (tertiary/aromatic N) is 1. The first-order chi connectivity index (χ1) is 9.44. The lowest BCUT2D eigenvalue weighted by Crippen LogP contribution is -2.39. The summed E-state index contributed by atoms with van der Waals surface area (Å²) in [6, 6.07) is 7.52. The Hall–Kier alpha value is -2.30. The molecule has 0 aliphatic carbocycles. The van der Waals surface area contributed by atoms with E-state index in [2.05, 4.69) is 15.6 Å². The van der Waals surface area contributed by atoms with Crippen molar-refractivity contribution >= 4 is 28.2 Å². The topological polar surface area (TPSA) is 80.0 Å². The quantitative estimate of drug-likeness (QED) is 0.744. The van der Waals surface area contributed by atoms with Crippen LogP contribution >= 0.6 is 0 Å². The Bertz CT molecular complexity index is 637. The second kappa shape index (κ2) is 5.36. The van der Waals surface area contributed by atoms with Crippen LogP contribution in [0.1, 0.15) is 13.8 Å². The Kier molecular flexibility index (Phi) is 3.79. The number of hydrogen-bond donors (Lipinski definition) is 3. The molecule has 106 valence electrons. The first-order valence-electron chi connectivity index (χ1n) is 6.54. The fourth-order valence-electron chi connectivity index (χ4n) is 2.05. The average molecular weight is 272 g/mol. The highest BCUT2D eigenvalue weighted by molar-refractivity contribution is 5.93. The van der Waals surface area contributed by atoms with Gasteiger partial charge in [0.05, 0.1) is 10.9 Å². The van der Waals surface area contributed by atoms with E-state index in [1.807, 2.05) is 38.1 Å². The minimum Gasteiger partial charge on any atom is -0.399 e. The van der Waals surface area contributed by atoms with E-state index in [-0.39, 0.29) is 5.91 Å². The van der Waals surface area contributed by atoms with E-state index in [0.717, 1.165) is 16.6 Å². The van der Waals surface area contributed by atoms with Gasteiger partial charge in [0, 0.05) is 36.6 Å². The SMILES string of the molecule is CNC(=O)C(C)(C)CNc1ccnc2cc(N)ccc12. The Balaban J connectivity index is 2.24. The Morgan fingerprint density at radius 2 is 2.10 bits per heavy atom. The van der Waals surface area contributed by atoms with E-state index in [1.165, 1.54) is 0 Å². The van der Waals surface area contributed by atoms with E-state index in [0.29, 0.717) is 12.2 Å². The second-order valence-electron chi connectivity index (χ2n) is 5.45. The summed E-state index contributed by atoms with van der Waals surface area (Å²) in [6.45, 7) is 4.34. The zero-order valence-electron chi connectivity index (χ0n) is 12.0. The van der Waals surface area contributed by atoms with Crippen LogP contribution < -0.4 is 16.4 Å². The third-order valence-corrected chi connectivity index (χ3v) is 3.33. The molecule has 5 heteroatoms. The predicted molar refractivity (Wildman–Crippen MR) is 82.5 cm³/mol. The zero-order valence-corrected chi connectivity index (χ0v) is 12.0. The van der Waals surface area contributed by atoms with E-state index < -0.39 is 5.41 Å². The molecule has 20 heavy (non-hydrogen) atoms. The summed E-state index contributed by atoms with van der Waals surface area (Å²) in [5.41, 5.74) is 7.75. The molecule has 4 N–H and O–H groups in total. The summed E-state index contributed by atoms with van der Waals surface area (Å²) in [5, 5.41) is 6.99. The molecular formula is C15H20N4O. The molecular weight excluding hydrogens is 252 g/mol. The standard InChI is InChI=1S/C15H20N4O/c1-15(2,14(20)17-3)9-19-12-6-7-18-13-8-10(16)4-5-11(12)13/h4-8H,9,16H2,1-3H3,(H,17,20)(H,18,19). The van der Waals surface area contributed by atoms with Crippen LogP contribution in [0.25, 0.3) is 10.9 Å². The molecule has 0 aliphatic rings. The van der Waals surface area contributed by atoms with Gasteiger partial charge < -0.3 is 16.4 Å². The van der Waals surface area contributed by atoms with Gasteiger partial charge in [-0.1, -0.05) is 0 Å². The number of hydrogen-bond acceptors (Lipinski definition) is 4. The summed E-state index contributed by atoms with van der Waals surface area (Å²) >= 11 is 0. The molecule has 0 saturated carbocycles. The average Bonchev–Trinajstić information content (AvgIpc) is 2.43. The lowest BCUT2D eigenvalue weighted by Gasteiger charge is -2.23. The van der Waals surface area contributed by atoms with Gasteiger partial charge in [-0.2, -0.15) is 0 Å². The number of carbonyl (C=O) groups is 1. The van der Waals surface area contributed by atoms with Gasteiger partial charge in [-0.25, -0.2) is 0 Å². The maximum Gasteiger partial charge on any atom is 0.227 e. The molecule has 0 unspecified atom stereocenters. The number of aromatic nitrogens is 1. The summed E-state index contributed by atoms with van der Waals surface area (Å²) < 4.78 is 0. The number of nitrogen functional groups attached to an aromatic ring is 1. The van der Waals surface area contributed by atoms with Gasteiger partial charge in [0.2, 0.25) is 5.91 Å². The predicted octanol–water partition coefficient (Wildman–Crippen LogP) is 2.00. The summed E-state index contributed by atoms with van der Waals surface area (Å²) in [7, 11) is 1.65. The van der Waals surface area contributed by atoms with Gasteiger partial charge in [0.1, 0.15) is 0 Å². The highest BCUT2D eigenvalue weighted by Gasteiger charge is 2.26. The molecule has 0 radical (unpaired) electrons. The van der Waals surface area contributed by atoms with Crippen LogP contribution in [-0.2, 0) is 4.79 Å². The number of rotatable bonds is 4. The third-order valence-electron chi connectivity index (χ3n) is 3.33. The number of benzene rings is 1. The zero-order chi connectivity index (χ0) is 14.8. The van der Waals surface area contributed by atoms with Gasteiger partial charge in [-0.05, 0) is 38.1 Å². The lowest BCUT2D eigenvalue weighted by molar-refractivity contribution is -0.128. The smallest absolute Gasteiger partial charge is 0.227 e. The van der Waals surface area contributed by atoms with Crippen molar-refractivity contribution in [2.24, 2.45) is 5.41 Å². The fraction of sp³-hybridized carbons (Fsp3) is 0.333. The van der Waals surface area contributed by atoms with Crippen LogP contribution in [-0.4, -0.2) is 24.5 Å². The van der Waals surface area contributed by atoms with Gasteiger partial charge >= 0.3 is 0 Å². The molecule has 1 aromatic heterocycles. The first-order valence-corrected chi connectivity index (χ1v) is 6.54. The molecule has 1 amide bonds. The number of nitrogens with one attached hydrogen (secondary N) is 2. The van der Waals surface area contributed by atoms with Crippen molar-refractivity contribution in [1.82, 2.24) is 10.3 Å². The van der Waals surface area contributed by atoms with Crippen molar-refractivity contribution < 1.29 is 4.79 Å². The number of fused-ring (bicyclic) bond motifs is 1. The van der Waals surface area contributed by atoms with Crippen LogP contribution in [0.15, 0.2) is 30.5 Å². The third kappa shape index (κ3) is 2.82. The molecule has 1 heterocycles. The van der Waals surface area contributed by atoms with Crippen LogP contribution in [0.2, 0.25) is 0 Å². The van der Waals surface area contributed by atoms with E-state index in [9.17, 15) is 4.79 Å². The largest absolute Gasteiger partial charge is 0.399 e. The Morgan fingerprint density at radius 3 is 2.80 bits per heavy atom.